The number of halogens is 1. The largest absolute Gasteiger partial charge is 0.506 e. The molecule has 0 radical (unpaired) electrons. The standard InChI is InChI=1S/C9H7ClN2O/c10-7-2-3-8(9(13)6-7)12-5-1-4-11-12/h1-6,13H. The van der Waals surface area contributed by atoms with Crippen molar-refractivity contribution in [2.45, 2.75) is 0 Å². The van der Waals surface area contributed by atoms with Gasteiger partial charge in [0.25, 0.3) is 0 Å². The Labute approximate surface area is 80.2 Å². The van der Waals surface area contributed by atoms with E-state index in [4.69, 9.17) is 11.6 Å². The van der Waals surface area contributed by atoms with Crippen LogP contribution in [0.4, 0.5) is 0 Å². The number of phenols is 1. The van der Waals surface area contributed by atoms with E-state index in [0.29, 0.717) is 10.7 Å². The summed E-state index contributed by atoms with van der Waals surface area (Å²) < 4.78 is 1.58. The van der Waals surface area contributed by atoms with Crippen LogP contribution in [0.5, 0.6) is 5.75 Å². The fourth-order valence-electron chi connectivity index (χ4n) is 1.10. The molecule has 0 aliphatic heterocycles. The monoisotopic (exact) mass is 194 g/mol. The zero-order valence-electron chi connectivity index (χ0n) is 6.68. The minimum absolute atomic E-state index is 0.121. The molecule has 0 amide bonds. The molecule has 0 aliphatic carbocycles. The molecule has 0 unspecified atom stereocenters. The number of hydrogen-bond donors (Lipinski definition) is 1. The van der Waals surface area contributed by atoms with Gasteiger partial charge >= 0.3 is 0 Å². The van der Waals surface area contributed by atoms with Gasteiger partial charge < -0.3 is 5.11 Å². The summed E-state index contributed by atoms with van der Waals surface area (Å²) >= 11 is 5.69. The van der Waals surface area contributed by atoms with Crippen LogP contribution in [0, 0.1) is 0 Å². The Balaban J connectivity index is 2.53. The summed E-state index contributed by atoms with van der Waals surface area (Å²) in [6, 6.07) is 6.69. The van der Waals surface area contributed by atoms with E-state index >= 15 is 0 Å². The molecule has 2 rings (SSSR count). The molecule has 1 aromatic heterocycles. The molecule has 3 nitrogen and oxygen atoms in total. The molecule has 2 aromatic rings. The van der Waals surface area contributed by atoms with Gasteiger partial charge in [0.15, 0.2) is 0 Å². The van der Waals surface area contributed by atoms with Gasteiger partial charge in [-0.2, -0.15) is 5.10 Å². The van der Waals surface area contributed by atoms with Gasteiger partial charge in [0, 0.05) is 23.5 Å². The second-order valence-electron chi connectivity index (χ2n) is 2.58. The van der Waals surface area contributed by atoms with Crippen molar-refractivity contribution in [2.75, 3.05) is 0 Å². The molecule has 0 saturated heterocycles. The zero-order valence-corrected chi connectivity index (χ0v) is 7.44. The summed E-state index contributed by atoms with van der Waals surface area (Å²) in [7, 11) is 0. The van der Waals surface area contributed by atoms with Crippen molar-refractivity contribution in [1.29, 1.82) is 0 Å². The number of phenolic OH excluding ortho intramolecular Hbond substituents is 1. The molecule has 0 bridgehead atoms. The van der Waals surface area contributed by atoms with Gasteiger partial charge in [0.05, 0.1) is 0 Å². The highest BCUT2D eigenvalue weighted by molar-refractivity contribution is 6.30. The maximum atomic E-state index is 9.52. The molecule has 66 valence electrons. The van der Waals surface area contributed by atoms with Crippen LogP contribution >= 0.6 is 11.6 Å². The van der Waals surface area contributed by atoms with E-state index in [2.05, 4.69) is 5.10 Å². The molecule has 1 heterocycles. The van der Waals surface area contributed by atoms with Crippen molar-refractivity contribution in [3.8, 4) is 11.4 Å². The number of rotatable bonds is 1. The van der Waals surface area contributed by atoms with Crippen LogP contribution in [-0.2, 0) is 0 Å². The average molecular weight is 195 g/mol. The van der Waals surface area contributed by atoms with Crippen molar-refractivity contribution in [1.82, 2.24) is 9.78 Å². The number of benzene rings is 1. The minimum atomic E-state index is 0.121. The van der Waals surface area contributed by atoms with Crippen LogP contribution in [0.25, 0.3) is 5.69 Å². The third kappa shape index (κ3) is 1.51. The summed E-state index contributed by atoms with van der Waals surface area (Å²) in [5.41, 5.74) is 0.620. The quantitative estimate of drug-likeness (QED) is 0.756. The van der Waals surface area contributed by atoms with E-state index in [0.717, 1.165) is 0 Å². The summed E-state index contributed by atoms with van der Waals surface area (Å²) in [6.07, 6.45) is 3.40. The molecule has 0 fully saturated rings. The van der Waals surface area contributed by atoms with Crippen LogP contribution in [0.1, 0.15) is 0 Å². The molecule has 13 heavy (non-hydrogen) atoms. The van der Waals surface area contributed by atoms with Crippen molar-refractivity contribution >= 4 is 11.6 Å². The predicted octanol–water partition coefficient (Wildman–Crippen LogP) is 2.23. The van der Waals surface area contributed by atoms with Crippen LogP contribution in [0.3, 0.4) is 0 Å². The van der Waals surface area contributed by atoms with Gasteiger partial charge in [-0.15, -0.1) is 0 Å². The Morgan fingerprint density at radius 3 is 2.85 bits per heavy atom. The van der Waals surface area contributed by atoms with Gasteiger partial charge in [-0.1, -0.05) is 11.6 Å². The smallest absolute Gasteiger partial charge is 0.142 e. The highest BCUT2D eigenvalue weighted by atomic mass is 35.5. The van der Waals surface area contributed by atoms with E-state index < -0.39 is 0 Å². The van der Waals surface area contributed by atoms with E-state index in [1.54, 1.807) is 35.3 Å². The van der Waals surface area contributed by atoms with E-state index in [1.807, 2.05) is 0 Å². The first-order valence-corrected chi connectivity index (χ1v) is 4.14. The second-order valence-corrected chi connectivity index (χ2v) is 3.02. The fraction of sp³-hybridized carbons (Fsp3) is 0. The average Bonchev–Trinajstić information content (AvgIpc) is 2.56. The van der Waals surface area contributed by atoms with Crippen molar-refractivity contribution in [3.05, 3.63) is 41.7 Å². The normalized spacial score (nSPS) is 10.2. The first-order valence-electron chi connectivity index (χ1n) is 3.76. The van der Waals surface area contributed by atoms with Crippen LogP contribution in [-0.4, -0.2) is 14.9 Å². The highest BCUT2D eigenvalue weighted by Gasteiger charge is 2.03. The number of aromatic nitrogens is 2. The lowest BCUT2D eigenvalue weighted by Crippen LogP contribution is -1.93. The van der Waals surface area contributed by atoms with Crippen LogP contribution < -0.4 is 0 Å². The van der Waals surface area contributed by atoms with Crippen LogP contribution in [0.2, 0.25) is 5.02 Å². The molecule has 0 aliphatic rings. The molecular weight excluding hydrogens is 188 g/mol. The molecule has 1 N–H and O–H groups in total. The van der Waals surface area contributed by atoms with Crippen molar-refractivity contribution < 1.29 is 5.11 Å². The molecule has 0 saturated carbocycles. The molecule has 4 heteroatoms. The van der Waals surface area contributed by atoms with E-state index in [9.17, 15) is 5.11 Å². The number of nitrogens with zero attached hydrogens (tertiary/aromatic N) is 2. The van der Waals surface area contributed by atoms with Gasteiger partial charge in [0.2, 0.25) is 0 Å². The lowest BCUT2D eigenvalue weighted by atomic mass is 10.3. The van der Waals surface area contributed by atoms with Gasteiger partial charge in [-0.05, 0) is 18.2 Å². The van der Waals surface area contributed by atoms with Gasteiger partial charge in [0.1, 0.15) is 11.4 Å². The molecule has 1 aromatic carbocycles. The Kier molecular flexibility index (Phi) is 1.94. The van der Waals surface area contributed by atoms with Crippen molar-refractivity contribution in [3.63, 3.8) is 0 Å². The summed E-state index contributed by atoms with van der Waals surface area (Å²) in [5, 5.41) is 14.0. The zero-order chi connectivity index (χ0) is 9.26. The second kappa shape index (κ2) is 3.11. The molecule has 0 atom stereocenters. The third-order valence-corrected chi connectivity index (χ3v) is 1.92. The lowest BCUT2D eigenvalue weighted by Gasteiger charge is -2.03. The highest BCUT2D eigenvalue weighted by Crippen LogP contribution is 2.24. The summed E-state index contributed by atoms with van der Waals surface area (Å²) in [4.78, 5) is 0. The Morgan fingerprint density at radius 1 is 1.38 bits per heavy atom. The fourth-order valence-corrected chi connectivity index (χ4v) is 1.27. The third-order valence-electron chi connectivity index (χ3n) is 1.69. The lowest BCUT2D eigenvalue weighted by molar-refractivity contribution is 0.470. The maximum Gasteiger partial charge on any atom is 0.142 e. The molecule has 0 spiro atoms. The molecular formula is C9H7ClN2O. The summed E-state index contributed by atoms with van der Waals surface area (Å²) in [5.74, 6) is 0.121. The SMILES string of the molecule is Oc1cc(Cl)ccc1-n1cccn1. The maximum absolute atomic E-state index is 9.52. The Hall–Kier alpha value is -1.48. The van der Waals surface area contributed by atoms with Gasteiger partial charge in [-0.3, -0.25) is 0 Å². The minimum Gasteiger partial charge on any atom is -0.506 e. The Bertz CT molecular complexity index is 412. The number of aromatic hydroxyl groups is 1. The number of hydrogen-bond acceptors (Lipinski definition) is 2. The van der Waals surface area contributed by atoms with E-state index in [-0.39, 0.29) is 5.75 Å². The van der Waals surface area contributed by atoms with Gasteiger partial charge in [-0.25, -0.2) is 4.68 Å². The Morgan fingerprint density at radius 2 is 2.23 bits per heavy atom. The van der Waals surface area contributed by atoms with Crippen molar-refractivity contribution in [2.24, 2.45) is 0 Å². The summed E-state index contributed by atoms with van der Waals surface area (Å²) in [6.45, 7) is 0. The topological polar surface area (TPSA) is 38.0 Å². The van der Waals surface area contributed by atoms with E-state index in [1.165, 1.54) is 6.07 Å². The first-order chi connectivity index (χ1) is 6.27. The predicted molar refractivity (Wildman–Crippen MR) is 50.2 cm³/mol. The van der Waals surface area contributed by atoms with Crippen LogP contribution in [0.15, 0.2) is 36.7 Å². The first kappa shape index (κ1) is 8.13.